The van der Waals surface area contributed by atoms with E-state index in [9.17, 15) is 4.79 Å². The summed E-state index contributed by atoms with van der Waals surface area (Å²) in [7, 11) is 0. The summed E-state index contributed by atoms with van der Waals surface area (Å²) < 4.78 is 10.3. The lowest BCUT2D eigenvalue weighted by Crippen LogP contribution is -2.12. The lowest BCUT2D eigenvalue weighted by molar-refractivity contribution is 0.0479. The first-order chi connectivity index (χ1) is 8.20. The predicted octanol–water partition coefficient (Wildman–Crippen LogP) is 1.21. The van der Waals surface area contributed by atoms with E-state index in [2.05, 4.69) is 0 Å². The minimum Gasteiger partial charge on any atom is -0.493 e. The Kier molecular flexibility index (Phi) is 5.29. The van der Waals surface area contributed by atoms with Gasteiger partial charge in [0.2, 0.25) is 0 Å². The molecule has 5 nitrogen and oxygen atoms in total. The average Bonchev–Trinajstić information content (AvgIpc) is 2.30. The highest BCUT2D eigenvalue weighted by molar-refractivity contribution is 5.98. The second-order valence-electron chi connectivity index (χ2n) is 3.37. The molecule has 1 rings (SSSR count). The van der Waals surface area contributed by atoms with Gasteiger partial charge in [-0.1, -0.05) is 6.07 Å². The van der Waals surface area contributed by atoms with Crippen LogP contribution in [0.15, 0.2) is 18.2 Å². The van der Waals surface area contributed by atoms with Crippen LogP contribution in [0.1, 0.15) is 23.7 Å². The highest BCUT2D eigenvalue weighted by atomic mass is 16.5. The summed E-state index contributed by atoms with van der Waals surface area (Å²) in [4.78, 5) is 11.8. The zero-order chi connectivity index (χ0) is 12.7. The number of hydrogen-bond donors (Lipinski definition) is 2. The lowest BCUT2D eigenvalue weighted by atomic mass is 10.1. The molecule has 0 unspecified atom stereocenters. The molecular weight excluding hydrogens is 222 g/mol. The van der Waals surface area contributed by atoms with Crippen LogP contribution < -0.4 is 10.5 Å². The Morgan fingerprint density at radius 3 is 2.88 bits per heavy atom. The van der Waals surface area contributed by atoms with E-state index >= 15 is 0 Å². The van der Waals surface area contributed by atoms with Gasteiger partial charge < -0.3 is 20.3 Å². The Morgan fingerprint density at radius 2 is 2.24 bits per heavy atom. The second-order valence-corrected chi connectivity index (χ2v) is 3.37. The highest BCUT2D eigenvalue weighted by Gasteiger charge is 2.17. The molecule has 0 aliphatic carbocycles. The zero-order valence-electron chi connectivity index (χ0n) is 9.81. The molecule has 1 aromatic rings. The number of hydrogen-bond acceptors (Lipinski definition) is 5. The number of carbonyl (C=O) groups excluding carboxylic acids is 1. The van der Waals surface area contributed by atoms with Gasteiger partial charge in [0.15, 0.2) is 0 Å². The molecule has 3 N–H and O–H groups in total. The maximum Gasteiger partial charge on any atom is 0.344 e. The van der Waals surface area contributed by atoms with Crippen molar-refractivity contribution in [2.24, 2.45) is 0 Å². The third kappa shape index (κ3) is 3.64. The van der Waals surface area contributed by atoms with Crippen molar-refractivity contribution in [2.45, 2.75) is 13.3 Å². The Balaban J connectivity index is 2.83. The van der Waals surface area contributed by atoms with Gasteiger partial charge in [0.25, 0.3) is 0 Å². The summed E-state index contributed by atoms with van der Waals surface area (Å²) in [5.74, 6) is -0.110. The predicted molar refractivity (Wildman–Crippen MR) is 64.0 cm³/mol. The molecule has 0 amide bonds. The topological polar surface area (TPSA) is 81.8 Å². The number of esters is 1. The average molecular weight is 239 g/mol. The van der Waals surface area contributed by atoms with Gasteiger partial charge in [-0.2, -0.15) is 0 Å². The number of aliphatic hydroxyl groups excluding tert-OH is 1. The minimum atomic E-state index is -0.528. The van der Waals surface area contributed by atoms with E-state index in [-0.39, 0.29) is 18.8 Å². The number of aliphatic hydroxyl groups is 1. The fraction of sp³-hybridized carbons (Fsp3) is 0.417. The molecule has 0 heterocycles. The van der Waals surface area contributed by atoms with Crippen LogP contribution in [0.3, 0.4) is 0 Å². The van der Waals surface area contributed by atoms with Crippen molar-refractivity contribution < 1.29 is 19.4 Å². The number of carbonyl (C=O) groups is 1. The van der Waals surface area contributed by atoms with Crippen LogP contribution in [0.2, 0.25) is 0 Å². The molecule has 0 aliphatic rings. The maximum atomic E-state index is 11.8. The molecular formula is C12H17NO4. The summed E-state index contributed by atoms with van der Waals surface area (Å²) in [5, 5.41) is 8.60. The summed E-state index contributed by atoms with van der Waals surface area (Å²) in [6.45, 7) is 2.41. The molecule has 0 atom stereocenters. The van der Waals surface area contributed by atoms with Crippen LogP contribution in [0.25, 0.3) is 0 Å². The van der Waals surface area contributed by atoms with Gasteiger partial charge in [0.1, 0.15) is 11.3 Å². The third-order valence-electron chi connectivity index (χ3n) is 2.10. The Morgan fingerprint density at radius 1 is 1.47 bits per heavy atom. The summed E-state index contributed by atoms with van der Waals surface area (Å²) in [6.07, 6.45) is 0.405. The fourth-order valence-corrected chi connectivity index (χ4v) is 1.34. The number of benzene rings is 1. The molecule has 0 saturated heterocycles. The minimum absolute atomic E-state index is 0.0180. The summed E-state index contributed by atoms with van der Waals surface area (Å²) >= 11 is 0. The van der Waals surface area contributed by atoms with Crippen LogP contribution in [-0.2, 0) is 4.74 Å². The Hall–Kier alpha value is -1.75. The molecule has 0 fully saturated rings. The number of nitrogen functional groups attached to an aromatic ring is 1. The summed E-state index contributed by atoms with van der Waals surface area (Å²) in [6, 6.07) is 5.00. The zero-order valence-corrected chi connectivity index (χ0v) is 9.81. The number of rotatable bonds is 6. The lowest BCUT2D eigenvalue weighted by Gasteiger charge is -2.11. The molecule has 5 heteroatoms. The summed E-state index contributed by atoms with van der Waals surface area (Å²) in [5.41, 5.74) is 6.29. The Bertz CT molecular complexity index is 379. The second kappa shape index (κ2) is 6.75. The molecule has 94 valence electrons. The third-order valence-corrected chi connectivity index (χ3v) is 2.10. The number of ether oxygens (including phenoxy) is 2. The number of nitrogens with two attached hydrogens (primary N) is 1. The van der Waals surface area contributed by atoms with Crippen LogP contribution in [0.5, 0.6) is 5.75 Å². The number of anilines is 1. The van der Waals surface area contributed by atoms with Crippen LogP contribution in [-0.4, -0.2) is 30.9 Å². The first-order valence-electron chi connectivity index (χ1n) is 5.50. The van der Waals surface area contributed by atoms with Gasteiger partial charge >= 0.3 is 5.97 Å². The monoisotopic (exact) mass is 239 g/mol. The van der Waals surface area contributed by atoms with Gasteiger partial charge in [0, 0.05) is 18.7 Å². The largest absolute Gasteiger partial charge is 0.493 e. The maximum absolute atomic E-state index is 11.8. The molecule has 17 heavy (non-hydrogen) atoms. The quantitative estimate of drug-likeness (QED) is 0.443. The first kappa shape index (κ1) is 13.3. The van der Waals surface area contributed by atoms with E-state index in [0.717, 1.165) is 0 Å². The molecule has 0 aromatic heterocycles. The van der Waals surface area contributed by atoms with Crippen molar-refractivity contribution in [3.05, 3.63) is 23.8 Å². The van der Waals surface area contributed by atoms with Gasteiger partial charge in [-0.05, 0) is 19.1 Å². The van der Waals surface area contributed by atoms with Crippen LogP contribution in [0, 0.1) is 0 Å². The molecule has 1 aromatic carbocycles. The van der Waals surface area contributed by atoms with Crippen molar-refractivity contribution in [1.82, 2.24) is 0 Å². The van der Waals surface area contributed by atoms with Crippen molar-refractivity contribution >= 4 is 11.7 Å². The normalized spacial score (nSPS) is 10.0. The molecule has 0 aliphatic heterocycles. The van der Waals surface area contributed by atoms with Gasteiger partial charge in [-0.15, -0.1) is 0 Å². The van der Waals surface area contributed by atoms with Crippen LogP contribution >= 0.6 is 0 Å². The SMILES string of the molecule is CCOc1cccc(N)c1C(=O)OCCCO. The van der Waals surface area contributed by atoms with Gasteiger partial charge in [-0.25, -0.2) is 4.79 Å². The van der Waals surface area contributed by atoms with Crippen molar-refractivity contribution in [3.8, 4) is 5.75 Å². The molecule has 0 saturated carbocycles. The highest BCUT2D eigenvalue weighted by Crippen LogP contribution is 2.25. The van der Waals surface area contributed by atoms with Crippen molar-refractivity contribution in [1.29, 1.82) is 0 Å². The molecule has 0 bridgehead atoms. The smallest absolute Gasteiger partial charge is 0.344 e. The van der Waals surface area contributed by atoms with E-state index in [0.29, 0.717) is 24.5 Å². The van der Waals surface area contributed by atoms with Crippen LogP contribution in [0.4, 0.5) is 5.69 Å². The van der Waals surface area contributed by atoms with Gasteiger partial charge in [0.05, 0.1) is 13.2 Å². The van der Waals surface area contributed by atoms with E-state index < -0.39 is 5.97 Å². The fourth-order valence-electron chi connectivity index (χ4n) is 1.34. The molecule has 0 spiro atoms. The van der Waals surface area contributed by atoms with Crippen molar-refractivity contribution in [2.75, 3.05) is 25.6 Å². The first-order valence-corrected chi connectivity index (χ1v) is 5.50. The Labute approximate surface area is 100 Å². The van der Waals surface area contributed by atoms with E-state index in [1.807, 2.05) is 6.92 Å². The van der Waals surface area contributed by atoms with E-state index in [1.54, 1.807) is 18.2 Å². The standard InChI is InChI=1S/C12H17NO4/c1-2-16-10-6-3-5-9(13)11(10)12(15)17-8-4-7-14/h3,5-6,14H,2,4,7-8,13H2,1H3. The van der Waals surface area contributed by atoms with Gasteiger partial charge in [-0.3, -0.25) is 0 Å². The molecule has 0 radical (unpaired) electrons. The van der Waals surface area contributed by atoms with E-state index in [1.165, 1.54) is 0 Å². The van der Waals surface area contributed by atoms with Crippen molar-refractivity contribution in [3.63, 3.8) is 0 Å². The van der Waals surface area contributed by atoms with E-state index in [4.69, 9.17) is 20.3 Å².